The minimum atomic E-state index is 0.292. The molecule has 0 heterocycles. The van der Waals surface area contributed by atoms with E-state index in [0.717, 1.165) is 0 Å². The van der Waals surface area contributed by atoms with Crippen LogP contribution >= 0.6 is 0 Å². The number of aryl methyl sites for hydroxylation is 1. The van der Waals surface area contributed by atoms with Crippen molar-refractivity contribution < 1.29 is 0 Å². The van der Waals surface area contributed by atoms with Gasteiger partial charge in [-0.05, 0) is 6.92 Å². The molecule has 1 rings (SSSR count). The summed E-state index contributed by atoms with van der Waals surface area (Å²) in [4.78, 5) is 0. The van der Waals surface area contributed by atoms with Gasteiger partial charge in [-0.25, -0.2) is 0 Å². The molecule has 0 amide bonds. The van der Waals surface area contributed by atoms with E-state index in [-0.39, 0.29) is 0 Å². The van der Waals surface area contributed by atoms with Crippen LogP contribution in [-0.4, -0.2) is 9.52 Å². The van der Waals surface area contributed by atoms with Crippen molar-refractivity contribution in [3.8, 4) is 0 Å². The monoisotopic (exact) mass is 147 g/mol. The Balaban J connectivity index is 2.91. The van der Waals surface area contributed by atoms with Crippen LogP contribution in [0.5, 0.6) is 0 Å². The van der Waals surface area contributed by atoms with E-state index in [1.807, 2.05) is 5.70 Å². The van der Waals surface area contributed by atoms with Crippen LogP contribution in [0.25, 0.3) is 0 Å². The number of rotatable bonds is 2. The van der Waals surface area contributed by atoms with Gasteiger partial charge in [0.1, 0.15) is 0 Å². The zero-order valence-corrected chi connectivity index (χ0v) is 7.33. The highest BCUT2D eigenvalue weighted by molar-refractivity contribution is 6.58. The molecular formula is C9H11Si. The van der Waals surface area contributed by atoms with E-state index in [9.17, 15) is 0 Å². The third-order valence-corrected chi connectivity index (χ3v) is 2.73. The summed E-state index contributed by atoms with van der Waals surface area (Å²) in [6, 6.07) is 8.47. The molecule has 1 heteroatoms. The molecule has 1 radical (unpaired) electrons. The van der Waals surface area contributed by atoms with Crippen LogP contribution in [0, 0.1) is 6.92 Å². The van der Waals surface area contributed by atoms with Crippen LogP contribution in [0.3, 0.4) is 0 Å². The zero-order chi connectivity index (χ0) is 7.40. The smallest absolute Gasteiger partial charge is 0.0931 e. The molecule has 0 bridgehead atoms. The van der Waals surface area contributed by atoms with Gasteiger partial charge in [0.05, 0.1) is 9.52 Å². The minimum Gasteiger partial charge on any atom is -0.107 e. The second-order valence-electron chi connectivity index (χ2n) is 2.26. The Morgan fingerprint density at radius 2 is 2.10 bits per heavy atom. The van der Waals surface area contributed by atoms with E-state index < -0.39 is 0 Å². The minimum absolute atomic E-state index is 0.292. The SMILES string of the molecule is C=C[SiH]c1ccccc1C. The molecule has 1 aromatic carbocycles. The molecule has 1 aromatic rings. The van der Waals surface area contributed by atoms with E-state index in [1.165, 1.54) is 10.8 Å². The summed E-state index contributed by atoms with van der Waals surface area (Å²) in [6.45, 7) is 5.88. The molecule has 0 fully saturated rings. The summed E-state index contributed by atoms with van der Waals surface area (Å²) < 4.78 is 0. The molecule has 0 aromatic heterocycles. The van der Waals surface area contributed by atoms with Crippen LogP contribution in [0.4, 0.5) is 0 Å². The van der Waals surface area contributed by atoms with E-state index in [0.29, 0.717) is 9.52 Å². The van der Waals surface area contributed by atoms with Crippen LogP contribution < -0.4 is 5.19 Å². The Hall–Kier alpha value is -0.823. The van der Waals surface area contributed by atoms with Gasteiger partial charge in [-0.1, -0.05) is 35.0 Å². The molecule has 0 nitrogen and oxygen atoms in total. The van der Waals surface area contributed by atoms with Gasteiger partial charge in [-0.3, -0.25) is 0 Å². The first kappa shape index (κ1) is 7.29. The molecule has 0 N–H and O–H groups in total. The molecule has 0 atom stereocenters. The van der Waals surface area contributed by atoms with Gasteiger partial charge in [0.15, 0.2) is 0 Å². The molecule has 51 valence electrons. The molecule has 0 saturated heterocycles. The molecular weight excluding hydrogens is 136 g/mol. The Bertz CT molecular complexity index is 228. The van der Waals surface area contributed by atoms with Crippen molar-refractivity contribution in [3.63, 3.8) is 0 Å². The molecule has 0 saturated carbocycles. The van der Waals surface area contributed by atoms with Crippen LogP contribution in [-0.2, 0) is 0 Å². The summed E-state index contributed by atoms with van der Waals surface area (Å²) in [6.07, 6.45) is 0. The maximum absolute atomic E-state index is 3.73. The predicted molar refractivity (Wildman–Crippen MR) is 48.2 cm³/mol. The maximum atomic E-state index is 3.73. The molecule has 10 heavy (non-hydrogen) atoms. The number of hydrogen-bond acceptors (Lipinski definition) is 0. The largest absolute Gasteiger partial charge is 0.107 e. The van der Waals surface area contributed by atoms with Crippen molar-refractivity contribution in [2.45, 2.75) is 6.92 Å². The zero-order valence-electron chi connectivity index (χ0n) is 6.17. The first-order chi connectivity index (χ1) is 4.84. The average Bonchev–Trinajstić information content (AvgIpc) is 1.94. The van der Waals surface area contributed by atoms with E-state index in [2.05, 4.69) is 37.8 Å². The number of hydrogen-bond donors (Lipinski definition) is 0. The molecule has 0 aliphatic rings. The van der Waals surface area contributed by atoms with E-state index in [4.69, 9.17) is 0 Å². The lowest BCUT2D eigenvalue weighted by atomic mass is 10.2. The van der Waals surface area contributed by atoms with Crippen molar-refractivity contribution in [3.05, 3.63) is 42.1 Å². The van der Waals surface area contributed by atoms with Crippen molar-refractivity contribution >= 4 is 14.7 Å². The fraction of sp³-hybridized carbons (Fsp3) is 0.111. The van der Waals surface area contributed by atoms with Crippen molar-refractivity contribution in [2.24, 2.45) is 0 Å². The van der Waals surface area contributed by atoms with Crippen LogP contribution in [0.1, 0.15) is 5.56 Å². The molecule has 0 aliphatic carbocycles. The van der Waals surface area contributed by atoms with Gasteiger partial charge in [0.2, 0.25) is 0 Å². The normalized spacial score (nSPS) is 9.30. The summed E-state index contributed by atoms with van der Waals surface area (Å²) in [7, 11) is 0.292. The fourth-order valence-corrected chi connectivity index (χ4v) is 1.74. The van der Waals surface area contributed by atoms with Crippen molar-refractivity contribution in [1.82, 2.24) is 0 Å². The van der Waals surface area contributed by atoms with Gasteiger partial charge >= 0.3 is 0 Å². The highest BCUT2D eigenvalue weighted by atomic mass is 28.2. The van der Waals surface area contributed by atoms with Gasteiger partial charge in [-0.15, -0.1) is 12.3 Å². The first-order valence-electron chi connectivity index (χ1n) is 3.36. The Morgan fingerprint density at radius 3 is 2.70 bits per heavy atom. The third-order valence-electron chi connectivity index (χ3n) is 1.49. The summed E-state index contributed by atoms with van der Waals surface area (Å²) >= 11 is 0. The Labute approximate surface area is 64.4 Å². The van der Waals surface area contributed by atoms with E-state index >= 15 is 0 Å². The predicted octanol–water partition coefficient (Wildman–Crippen LogP) is 1.20. The van der Waals surface area contributed by atoms with Crippen molar-refractivity contribution in [1.29, 1.82) is 0 Å². The molecule has 0 aliphatic heterocycles. The van der Waals surface area contributed by atoms with Crippen molar-refractivity contribution in [2.75, 3.05) is 0 Å². The van der Waals surface area contributed by atoms with Gasteiger partial charge in [0, 0.05) is 0 Å². The second-order valence-corrected chi connectivity index (χ2v) is 3.69. The summed E-state index contributed by atoms with van der Waals surface area (Å²) in [5.41, 5.74) is 3.40. The molecule has 0 unspecified atom stereocenters. The average molecular weight is 147 g/mol. The lowest BCUT2D eigenvalue weighted by Crippen LogP contribution is -2.14. The topological polar surface area (TPSA) is 0 Å². The standard InChI is InChI=1S/C9H11Si/c1-3-10-9-7-5-4-6-8(9)2/h3-7,10H,1H2,2H3. The Kier molecular flexibility index (Phi) is 2.46. The highest BCUT2D eigenvalue weighted by Crippen LogP contribution is 1.91. The third kappa shape index (κ3) is 1.58. The maximum Gasteiger partial charge on any atom is 0.0931 e. The van der Waals surface area contributed by atoms with Gasteiger partial charge < -0.3 is 0 Å². The second kappa shape index (κ2) is 3.37. The van der Waals surface area contributed by atoms with E-state index in [1.54, 1.807) is 0 Å². The lowest BCUT2D eigenvalue weighted by Gasteiger charge is -1.98. The first-order valence-corrected chi connectivity index (χ1v) is 4.60. The molecule has 0 spiro atoms. The van der Waals surface area contributed by atoms with Crippen LogP contribution in [0.15, 0.2) is 36.5 Å². The van der Waals surface area contributed by atoms with Gasteiger partial charge in [-0.2, -0.15) is 0 Å². The highest BCUT2D eigenvalue weighted by Gasteiger charge is 1.91. The van der Waals surface area contributed by atoms with Gasteiger partial charge in [0.25, 0.3) is 0 Å². The fourth-order valence-electron chi connectivity index (χ4n) is 0.901. The lowest BCUT2D eigenvalue weighted by molar-refractivity contribution is 1.52. The summed E-state index contributed by atoms with van der Waals surface area (Å²) in [5, 5.41) is 1.46. The Morgan fingerprint density at radius 1 is 1.40 bits per heavy atom. The number of benzene rings is 1. The summed E-state index contributed by atoms with van der Waals surface area (Å²) in [5.74, 6) is 0. The quantitative estimate of drug-likeness (QED) is 0.551. The van der Waals surface area contributed by atoms with Crippen LogP contribution in [0.2, 0.25) is 0 Å².